The van der Waals surface area contributed by atoms with Crippen molar-refractivity contribution in [3.05, 3.63) is 35.9 Å². The molecule has 7 heteroatoms. The van der Waals surface area contributed by atoms with E-state index in [9.17, 15) is 18.0 Å². The lowest BCUT2D eigenvalue weighted by atomic mass is 9.91. The number of hydrogen-bond donors (Lipinski definition) is 2. The van der Waals surface area contributed by atoms with Gasteiger partial charge in [-0.3, -0.25) is 9.69 Å². The Bertz CT molecular complexity index is 523. The highest BCUT2D eigenvalue weighted by Crippen LogP contribution is 2.21. The maximum atomic E-state index is 12.4. The molecular weight excluding hydrogens is 307 g/mol. The SMILES string of the molecule is CC(N)(C(=O)NC1CCN(CC(F)(F)F)CC1)c1ccccc1. The molecule has 1 amide bonds. The molecule has 4 nitrogen and oxygen atoms in total. The van der Waals surface area contributed by atoms with Gasteiger partial charge in [0, 0.05) is 19.1 Å². The summed E-state index contributed by atoms with van der Waals surface area (Å²) in [6.45, 7) is 1.37. The van der Waals surface area contributed by atoms with Crippen LogP contribution >= 0.6 is 0 Å². The molecule has 1 heterocycles. The molecule has 128 valence electrons. The molecule has 1 saturated heterocycles. The standard InChI is InChI=1S/C16H22F3N3O/c1-15(20,12-5-3-2-4-6-12)14(23)21-13-7-9-22(10-8-13)11-16(17,18)19/h2-6,13H,7-11,20H2,1H3,(H,21,23). The van der Waals surface area contributed by atoms with Crippen LogP contribution in [-0.2, 0) is 10.3 Å². The number of amides is 1. The van der Waals surface area contributed by atoms with E-state index in [1.165, 1.54) is 4.90 Å². The Morgan fingerprint density at radius 3 is 2.35 bits per heavy atom. The first-order valence-corrected chi connectivity index (χ1v) is 7.63. The van der Waals surface area contributed by atoms with Crippen molar-refractivity contribution in [2.75, 3.05) is 19.6 Å². The Morgan fingerprint density at radius 1 is 1.26 bits per heavy atom. The lowest BCUT2D eigenvalue weighted by molar-refractivity contribution is -0.148. The van der Waals surface area contributed by atoms with Crippen LogP contribution in [0.3, 0.4) is 0 Å². The second-order valence-electron chi connectivity index (χ2n) is 6.21. The highest BCUT2D eigenvalue weighted by Gasteiger charge is 2.35. The number of nitrogens with one attached hydrogen (secondary N) is 1. The van der Waals surface area contributed by atoms with Gasteiger partial charge >= 0.3 is 6.18 Å². The number of piperidine rings is 1. The first kappa shape index (κ1) is 17.7. The number of nitrogens with two attached hydrogens (primary N) is 1. The van der Waals surface area contributed by atoms with Crippen LogP contribution in [0.25, 0.3) is 0 Å². The van der Waals surface area contributed by atoms with Crippen molar-refractivity contribution in [2.24, 2.45) is 5.73 Å². The normalized spacial score (nSPS) is 20.0. The Labute approximate surface area is 133 Å². The van der Waals surface area contributed by atoms with E-state index in [0.29, 0.717) is 31.5 Å². The van der Waals surface area contributed by atoms with E-state index in [-0.39, 0.29) is 11.9 Å². The Kier molecular flexibility index (Phi) is 5.31. The number of carbonyl (C=O) groups excluding carboxylic acids is 1. The van der Waals surface area contributed by atoms with Gasteiger partial charge in [-0.1, -0.05) is 30.3 Å². The fraction of sp³-hybridized carbons (Fsp3) is 0.562. The van der Waals surface area contributed by atoms with Gasteiger partial charge < -0.3 is 11.1 Å². The molecule has 3 N–H and O–H groups in total. The van der Waals surface area contributed by atoms with Gasteiger partial charge in [0.1, 0.15) is 5.54 Å². The number of halogens is 3. The predicted molar refractivity (Wildman–Crippen MR) is 81.6 cm³/mol. The van der Waals surface area contributed by atoms with Gasteiger partial charge in [0.05, 0.1) is 6.54 Å². The van der Waals surface area contributed by atoms with Crippen molar-refractivity contribution in [3.8, 4) is 0 Å². The van der Waals surface area contributed by atoms with Gasteiger partial charge in [0.25, 0.3) is 0 Å². The summed E-state index contributed by atoms with van der Waals surface area (Å²) in [5, 5.41) is 2.87. The fourth-order valence-electron chi connectivity index (χ4n) is 2.74. The number of rotatable bonds is 4. The van der Waals surface area contributed by atoms with Crippen LogP contribution in [0, 0.1) is 0 Å². The average molecular weight is 329 g/mol. The maximum absolute atomic E-state index is 12.4. The van der Waals surface area contributed by atoms with Gasteiger partial charge in [-0.25, -0.2) is 0 Å². The molecule has 0 saturated carbocycles. The first-order valence-electron chi connectivity index (χ1n) is 7.63. The van der Waals surface area contributed by atoms with Gasteiger partial charge in [-0.2, -0.15) is 13.2 Å². The number of nitrogens with zero attached hydrogens (tertiary/aromatic N) is 1. The molecule has 1 aliphatic heterocycles. The van der Waals surface area contributed by atoms with E-state index < -0.39 is 18.3 Å². The van der Waals surface area contributed by atoms with Gasteiger partial charge in [0.2, 0.25) is 5.91 Å². The van der Waals surface area contributed by atoms with Gasteiger partial charge in [-0.15, -0.1) is 0 Å². The minimum Gasteiger partial charge on any atom is -0.351 e. The summed E-state index contributed by atoms with van der Waals surface area (Å²) in [4.78, 5) is 13.8. The predicted octanol–water partition coefficient (Wildman–Crippen LogP) is 2.00. The molecule has 1 fully saturated rings. The molecule has 0 bridgehead atoms. The zero-order valence-corrected chi connectivity index (χ0v) is 13.1. The van der Waals surface area contributed by atoms with Crippen LogP contribution in [0.2, 0.25) is 0 Å². The molecule has 1 aliphatic rings. The van der Waals surface area contributed by atoms with Crippen molar-refractivity contribution >= 4 is 5.91 Å². The summed E-state index contributed by atoms with van der Waals surface area (Å²) >= 11 is 0. The van der Waals surface area contributed by atoms with Crippen LogP contribution in [0.1, 0.15) is 25.3 Å². The van der Waals surface area contributed by atoms with Crippen molar-refractivity contribution < 1.29 is 18.0 Å². The zero-order valence-electron chi connectivity index (χ0n) is 13.1. The Balaban J connectivity index is 1.88. The van der Waals surface area contributed by atoms with E-state index in [0.717, 1.165) is 0 Å². The molecule has 1 atom stereocenters. The van der Waals surface area contributed by atoms with E-state index in [1.54, 1.807) is 19.1 Å². The van der Waals surface area contributed by atoms with Crippen molar-refractivity contribution in [1.29, 1.82) is 0 Å². The lowest BCUT2D eigenvalue weighted by Gasteiger charge is -2.34. The largest absolute Gasteiger partial charge is 0.401 e. The van der Waals surface area contributed by atoms with E-state index in [1.807, 2.05) is 18.2 Å². The third kappa shape index (κ3) is 4.94. The average Bonchev–Trinajstić information content (AvgIpc) is 2.48. The molecule has 0 spiro atoms. The first-order chi connectivity index (χ1) is 10.7. The smallest absolute Gasteiger partial charge is 0.351 e. The van der Waals surface area contributed by atoms with Crippen molar-refractivity contribution in [3.63, 3.8) is 0 Å². The van der Waals surface area contributed by atoms with Crippen LogP contribution in [0.15, 0.2) is 30.3 Å². The number of carbonyl (C=O) groups is 1. The summed E-state index contributed by atoms with van der Waals surface area (Å²) in [6, 6.07) is 8.89. The van der Waals surface area contributed by atoms with Crippen LogP contribution in [-0.4, -0.2) is 42.7 Å². The molecule has 1 unspecified atom stereocenters. The topological polar surface area (TPSA) is 58.4 Å². The molecule has 23 heavy (non-hydrogen) atoms. The molecule has 1 aromatic rings. The summed E-state index contributed by atoms with van der Waals surface area (Å²) in [6.07, 6.45) is -3.20. The number of hydrogen-bond acceptors (Lipinski definition) is 3. The minimum absolute atomic E-state index is 0.140. The van der Waals surface area contributed by atoms with E-state index >= 15 is 0 Å². The van der Waals surface area contributed by atoms with Crippen LogP contribution in [0.5, 0.6) is 0 Å². The molecule has 2 rings (SSSR count). The maximum Gasteiger partial charge on any atom is 0.401 e. The number of alkyl halides is 3. The molecular formula is C16H22F3N3O. The summed E-state index contributed by atoms with van der Waals surface area (Å²) in [5.74, 6) is -0.307. The van der Waals surface area contributed by atoms with Crippen LogP contribution < -0.4 is 11.1 Å². The third-order valence-corrected chi connectivity index (χ3v) is 4.17. The second-order valence-corrected chi connectivity index (χ2v) is 6.21. The zero-order chi connectivity index (χ0) is 17.1. The van der Waals surface area contributed by atoms with Gasteiger partial charge in [0.15, 0.2) is 0 Å². The minimum atomic E-state index is -4.18. The van der Waals surface area contributed by atoms with Crippen molar-refractivity contribution in [1.82, 2.24) is 10.2 Å². The molecule has 0 radical (unpaired) electrons. The molecule has 1 aromatic carbocycles. The monoisotopic (exact) mass is 329 g/mol. The Hall–Kier alpha value is -1.60. The number of benzene rings is 1. The van der Waals surface area contributed by atoms with Gasteiger partial charge in [-0.05, 0) is 25.3 Å². The molecule has 0 aliphatic carbocycles. The quantitative estimate of drug-likeness (QED) is 0.888. The van der Waals surface area contributed by atoms with E-state index in [4.69, 9.17) is 5.73 Å². The highest BCUT2D eigenvalue weighted by molar-refractivity contribution is 5.87. The second kappa shape index (κ2) is 6.88. The highest BCUT2D eigenvalue weighted by atomic mass is 19.4. The van der Waals surface area contributed by atoms with Crippen LogP contribution in [0.4, 0.5) is 13.2 Å². The number of likely N-dealkylation sites (tertiary alicyclic amines) is 1. The summed E-state index contributed by atoms with van der Waals surface area (Å²) < 4.78 is 37.1. The lowest BCUT2D eigenvalue weighted by Crippen LogP contribution is -2.54. The fourth-order valence-corrected chi connectivity index (χ4v) is 2.74. The van der Waals surface area contributed by atoms with Crippen molar-refractivity contribution in [2.45, 2.75) is 37.5 Å². The van der Waals surface area contributed by atoms with E-state index in [2.05, 4.69) is 5.32 Å². The summed E-state index contributed by atoms with van der Waals surface area (Å²) in [5.41, 5.74) is 5.68. The summed E-state index contributed by atoms with van der Waals surface area (Å²) in [7, 11) is 0. The Morgan fingerprint density at radius 2 is 1.83 bits per heavy atom. The third-order valence-electron chi connectivity index (χ3n) is 4.17. The molecule has 0 aromatic heterocycles.